The third kappa shape index (κ3) is 4.40. The summed E-state index contributed by atoms with van der Waals surface area (Å²) in [7, 11) is 0. The second-order valence-corrected chi connectivity index (χ2v) is 6.50. The lowest BCUT2D eigenvalue weighted by Gasteiger charge is -2.08. The summed E-state index contributed by atoms with van der Waals surface area (Å²) in [6, 6.07) is 13.1. The number of aromatic nitrogens is 1. The third-order valence-electron chi connectivity index (χ3n) is 3.43. The Bertz CT molecular complexity index is 799. The summed E-state index contributed by atoms with van der Waals surface area (Å²) in [4.78, 5) is 12.0. The van der Waals surface area contributed by atoms with Crippen LogP contribution in [0.3, 0.4) is 0 Å². The van der Waals surface area contributed by atoms with E-state index in [0.29, 0.717) is 30.3 Å². The van der Waals surface area contributed by atoms with Crippen molar-refractivity contribution in [3.63, 3.8) is 0 Å². The Hall–Kier alpha value is -2.24. The largest absolute Gasteiger partial charge is 0.493 e. The molecule has 0 radical (unpaired) electrons. The Morgan fingerprint density at radius 3 is 2.83 bits per heavy atom. The topological polar surface area (TPSA) is 43.3 Å². The predicted molar refractivity (Wildman–Crippen MR) is 97.1 cm³/mol. The summed E-state index contributed by atoms with van der Waals surface area (Å²) >= 11 is 7.54. The minimum atomic E-state index is -0.0401. The van der Waals surface area contributed by atoms with Gasteiger partial charge in [0.05, 0.1) is 13.0 Å². The van der Waals surface area contributed by atoms with Crippen molar-refractivity contribution >= 4 is 28.8 Å². The zero-order chi connectivity index (χ0) is 16.8. The lowest BCUT2D eigenvalue weighted by molar-refractivity contribution is -0.121. The number of hydrogen-bond acceptors (Lipinski definition) is 3. The number of carbonyl (C=O) groups excluding carboxylic acids is 1. The average Bonchev–Trinajstić information content (AvgIpc) is 3.24. The molecule has 124 valence electrons. The van der Waals surface area contributed by atoms with Gasteiger partial charge in [0.1, 0.15) is 10.8 Å². The van der Waals surface area contributed by atoms with Crippen LogP contribution in [0.1, 0.15) is 12.0 Å². The number of halogens is 1. The second kappa shape index (κ2) is 8.04. The second-order valence-electron chi connectivity index (χ2n) is 5.17. The Balaban J connectivity index is 1.46. The van der Waals surface area contributed by atoms with Crippen molar-refractivity contribution < 1.29 is 9.53 Å². The van der Waals surface area contributed by atoms with Crippen LogP contribution in [0.25, 0.3) is 5.00 Å². The molecule has 1 N–H and O–H groups in total. The fourth-order valence-corrected chi connectivity index (χ4v) is 3.34. The number of thiophene rings is 1. The Morgan fingerprint density at radius 1 is 1.21 bits per heavy atom. The van der Waals surface area contributed by atoms with E-state index in [1.807, 2.05) is 48.1 Å². The predicted octanol–water partition coefficient (Wildman–Crippen LogP) is 4.28. The highest BCUT2D eigenvalue weighted by Gasteiger charge is 2.08. The first-order chi connectivity index (χ1) is 11.7. The van der Waals surface area contributed by atoms with Crippen LogP contribution in [0.4, 0.5) is 0 Å². The van der Waals surface area contributed by atoms with Gasteiger partial charge >= 0.3 is 0 Å². The third-order valence-corrected chi connectivity index (χ3v) is 4.64. The smallest absolute Gasteiger partial charge is 0.223 e. The summed E-state index contributed by atoms with van der Waals surface area (Å²) in [5.41, 5.74) is 1.10. The van der Waals surface area contributed by atoms with Gasteiger partial charge in [0, 0.05) is 29.5 Å². The molecule has 0 aliphatic heterocycles. The molecule has 24 heavy (non-hydrogen) atoms. The SMILES string of the molecule is O=C(CCOc1cccc(Cl)c1)NCc1ccsc1-n1cccc1. The molecule has 0 unspecified atom stereocenters. The number of carbonyl (C=O) groups is 1. The summed E-state index contributed by atoms with van der Waals surface area (Å²) in [6.07, 6.45) is 4.29. The number of ether oxygens (including phenoxy) is 1. The van der Waals surface area contributed by atoms with Crippen molar-refractivity contribution in [3.8, 4) is 10.8 Å². The van der Waals surface area contributed by atoms with Crippen molar-refractivity contribution in [1.82, 2.24) is 9.88 Å². The van der Waals surface area contributed by atoms with E-state index in [4.69, 9.17) is 16.3 Å². The molecule has 3 rings (SSSR count). The van der Waals surface area contributed by atoms with E-state index in [-0.39, 0.29) is 5.91 Å². The van der Waals surface area contributed by atoms with E-state index in [0.717, 1.165) is 10.6 Å². The highest BCUT2D eigenvalue weighted by molar-refractivity contribution is 7.12. The maximum atomic E-state index is 12.0. The van der Waals surface area contributed by atoms with Crippen LogP contribution in [0, 0.1) is 0 Å². The Kier molecular flexibility index (Phi) is 5.56. The maximum Gasteiger partial charge on any atom is 0.223 e. The van der Waals surface area contributed by atoms with Crippen molar-refractivity contribution in [2.24, 2.45) is 0 Å². The number of nitrogens with one attached hydrogen (secondary N) is 1. The molecular formula is C18H17ClN2O2S. The number of hydrogen-bond donors (Lipinski definition) is 1. The normalized spacial score (nSPS) is 10.5. The van der Waals surface area contributed by atoms with Gasteiger partial charge in [0.25, 0.3) is 0 Å². The van der Waals surface area contributed by atoms with Crippen molar-refractivity contribution in [1.29, 1.82) is 0 Å². The lowest BCUT2D eigenvalue weighted by Crippen LogP contribution is -2.24. The van der Waals surface area contributed by atoms with Gasteiger partial charge in [0.2, 0.25) is 5.91 Å². The highest BCUT2D eigenvalue weighted by atomic mass is 35.5. The molecule has 2 heterocycles. The molecule has 0 aliphatic rings. The van der Waals surface area contributed by atoms with Gasteiger partial charge in [-0.05, 0) is 41.8 Å². The summed E-state index contributed by atoms with van der Waals surface area (Å²) in [5, 5.41) is 6.70. The monoisotopic (exact) mass is 360 g/mol. The van der Waals surface area contributed by atoms with Gasteiger partial charge in [-0.25, -0.2) is 0 Å². The minimum Gasteiger partial charge on any atom is -0.493 e. The summed E-state index contributed by atoms with van der Waals surface area (Å²) in [5.74, 6) is 0.629. The molecule has 0 spiro atoms. The zero-order valence-electron chi connectivity index (χ0n) is 12.9. The number of benzene rings is 1. The fraction of sp³-hybridized carbons (Fsp3) is 0.167. The Morgan fingerprint density at radius 2 is 2.04 bits per heavy atom. The molecule has 4 nitrogen and oxygen atoms in total. The van der Waals surface area contributed by atoms with Crippen LogP contribution in [0.2, 0.25) is 5.02 Å². The fourth-order valence-electron chi connectivity index (χ4n) is 2.26. The molecule has 2 aromatic heterocycles. The van der Waals surface area contributed by atoms with E-state index in [1.165, 1.54) is 0 Å². The molecule has 0 saturated heterocycles. The molecule has 0 saturated carbocycles. The molecule has 1 amide bonds. The van der Waals surface area contributed by atoms with Crippen molar-refractivity contribution in [2.45, 2.75) is 13.0 Å². The van der Waals surface area contributed by atoms with Crippen LogP contribution in [0.15, 0.2) is 60.2 Å². The minimum absolute atomic E-state index is 0.0401. The first-order valence-corrected chi connectivity index (χ1v) is 8.83. The molecular weight excluding hydrogens is 344 g/mol. The van der Waals surface area contributed by atoms with Crippen LogP contribution >= 0.6 is 22.9 Å². The Labute approximate surface area is 149 Å². The van der Waals surface area contributed by atoms with E-state index in [1.54, 1.807) is 23.5 Å². The van der Waals surface area contributed by atoms with Crippen LogP contribution < -0.4 is 10.1 Å². The van der Waals surface area contributed by atoms with Gasteiger partial charge in [-0.2, -0.15) is 0 Å². The highest BCUT2D eigenvalue weighted by Crippen LogP contribution is 2.22. The van der Waals surface area contributed by atoms with E-state index >= 15 is 0 Å². The average molecular weight is 361 g/mol. The molecule has 0 aliphatic carbocycles. The van der Waals surface area contributed by atoms with Gasteiger partial charge in [-0.1, -0.05) is 17.7 Å². The summed E-state index contributed by atoms with van der Waals surface area (Å²) < 4.78 is 7.58. The van der Waals surface area contributed by atoms with Gasteiger partial charge < -0.3 is 14.6 Å². The van der Waals surface area contributed by atoms with E-state index < -0.39 is 0 Å². The van der Waals surface area contributed by atoms with Crippen molar-refractivity contribution in [2.75, 3.05) is 6.61 Å². The first kappa shape index (κ1) is 16.6. The molecule has 3 aromatic rings. The zero-order valence-corrected chi connectivity index (χ0v) is 14.5. The van der Waals surface area contributed by atoms with Crippen LogP contribution in [-0.4, -0.2) is 17.1 Å². The van der Waals surface area contributed by atoms with Crippen LogP contribution in [0.5, 0.6) is 5.75 Å². The first-order valence-electron chi connectivity index (χ1n) is 7.57. The quantitative estimate of drug-likeness (QED) is 0.683. The molecule has 0 bridgehead atoms. The lowest BCUT2D eigenvalue weighted by atomic mass is 10.3. The number of nitrogens with zero attached hydrogens (tertiary/aromatic N) is 1. The van der Waals surface area contributed by atoms with Gasteiger partial charge in [-0.3, -0.25) is 4.79 Å². The molecule has 0 atom stereocenters. The van der Waals surface area contributed by atoms with E-state index in [2.05, 4.69) is 9.88 Å². The van der Waals surface area contributed by atoms with Gasteiger partial charge in [0.15, 0.2) is 0 Å². The number of rotatable bonds is 7. The standard InChI is InChI=1S/C18H17ClN2O2S/c19-15-4-3-5-16(12-15)23-10-6-17(22)20-13-14-7-11-24-18(14)21-8-1-2-9-21/h1-5,7-9,11-12H,6,10,13H2,(H,20,22). The van der Waals surface area contributed by atoms with Crippen LogP contribution in [-0.2, 0) is 11.3 Å². The molecule has 1 aromatic carbocycles. The maximum absolute atomic E-state index is 12.0. The van der Waals surface area contributed by atoms with E-state index in [9.17, 15) is 4.79 Å². The van der Waals surface area contributed by atoms with Crippen molar-refractivity contribution in [3.05, 3.63) is 70.8 Å². The molecule has 6 heteroatoms. The number of amides is 1. The molecule has 0 fully saturated rings. The van der Waals surface area contributed by atoms with Gasteiger partial charge in [-0.15, -0.1) is 11.3 Å². The summed E-state index contributed by atoms with van der Waals surface area (Å²) in [6.45, 7) is 0.827.